The molecule has 0 radical (unpaired) electrons. The number of phenols is 1. The minimum Gasteiger partial charge on any atom is -0.507 e. The summed E-state index contributed by atoms with van der Waals surface area (Å²) in [4.78, 5) is 9.66. The van der Waals surface area contributed by atoms with Gasteiger partial charge in [-0.3, -0.25) is 9.55 Å². The first-order valence-electron chi connectivity index (χ1n) is 36.9. The van der Waals surface area contributed by atoms with E-state index in [1.165, 1.54) is 28.8 Å². The third-order valence-corrected chi connectivity index (χ3v) is 11.8. The van der Waals surface area contributed by atoms with Crippen LogP contribution in [-0.4, -0.2) is 19.6 Å². The van der Waals surface area contributed by atoms with Crippen LogP contribution in [0.1, 0.15) is 182 Å². The van der Waals surface area contributed by atoms with Crippen LogP contribution in [0.4, 0.5) is 0 Å². The molecular weight excluding hydrogens is 1030 g/mol. The number of fused-ring (bicyclic) bond motifs is 1. The summed E-state index contributed by atoms with van der Waals surface area (Å²) < 4.78 is 260. The van der Waals surface area contributed by atoms with Gasteiger partial charge in [0.2, 0.25) is 0 Å². The van der Waals surface area contributed by atoms with Gasteiger partial charge in [0.15, 0.2) is 0 Å². The van der Waals surface area contributed by atoms with E-state index >= 15 is 0 Å². The molecule has 0 aliphatic carbocycles. The van der Waals surface area contributed by atoms with Crippen molar-refractivity contribution in [1.29, 1.82) is 0 Å². The maximum absolute atomic E-state index is 13.3. The van der Waals surface area contributed by atoms with Crippen molar-refractivity contribution in [3.05, 3.63) is 166 Å². The number of nitrogens with zero attached hydrogens (tertiary/aromatic N) is 3. The van der Waals surface area contributed by atoms with Crippen molar-refractivity contribution in [2.24, 2.45) is 5.41 Å². The minimum atomic E-state index is -4.53. The summed E-state index contributed by atoms with van der Waals surface area (Å²) in [5.41, 5.74) is -16.1. The fourth-order valence-electron chi connectivity index (χ4n) is 8.24. The van der Waals surface area contributed by atoms with E-state index in [4.69, 9.17) is 40.6 Å². The number of aryl methyl sites for hydroxylation is 2. The van der Waals surface area contributed by atoms with E-state index in [0.717, 1.165) is 18.3 Å². The summed E-state index contributed by atoms with van der Waals surface area (Å²) in [5, 5.41) is 13.3. The molecule has 366 valence electrons. The number of para-hydroxylation sites is 1. The Kier molecular flexibility index (Phi) is 7.07. The summed E-state index contributed by atoms with van der Waals surface area (Å²) >= 11 is 0. The zero-order chi connectivity index (χ0) is 74.6. The normalized spacial score (nSPS) is 20.4. The molecule has 0 saturated carbocycles. The molecule has 8 aromatic rings. The Morgan fingerprint density at radius 2 is 1.33 bits per heavy atom. The van der Waals surface area contributed by atoms with Gasteiger partial charge in [-0.15, -0.1) is 29.3 Å². The van der Waals surface area contributed by atoms with Crippen LogP contribution in [0.25, 0.3) is 72.7 Å². The Hall–Kier alpha value is -5.57. The van der Waals surface area contributed by atoms with Gasteiger partial charge >= 0.3 is 0 Å². The molecule has 0 fully saturated rings. The van der Waals surface area contributed by atoms with Crippen molar-refractivity contribution in [3.8, 4) is 67.5 Å². The fraction of sp³-hybridized carbons (Fsp3) is 0.354. The van der Waals surface area contributed by atoms with Gasteiger partial charge in [-0.05, 0) is 116 Å². The van der Waals surface area contributed by atoms with E-state index in [1.807, 2.05) is 41.5 Å². The quantitative estimate of drug-likeness (QED) is 0.162. The van der Waals surface area contributed by atoms with E-state index < -0.39 is 146 Å². The first-order chi connectivity index (χ1) is 44.0. The number of hydrogen-bond donors (Lipinski definition) is 1. The van der Waals surface area contributed by atoms with E-state index in [-0.39, 0.29) is 76.9 Å². The van der Waals surface area contributed by atoms with Gasteiger partial charge in [0, 0.05) is 79.7 Å². The van der Waals surface area contributed by atoms with E-state index in [0.29, 0.717) is 22.3 Å². The van der Waals surface area contributed by atoms with Crippen LogP contribution in [0, 0.1) is 25.2 Å². The maximum Gasteiger partial charge on any atom is 0.148 e. The molecule has 0 saturated heterocycles. The molecule has 4 nitrogen and oxygen atoms in total. The summed E-state index contributed by atoms with van der Waals surface area (Å²) in [6, 6.07) is 24.3. The average molecular weight is 1140 g/mol. The SMILES string of the molecule is [2H]c1cc(C([2H])([2H])C(C)(C)C)cc(C([2H])([2H])[2H])c1-c1cc(-c2[c-]c(-c3cccc4c3nc(-c3c([2H])c(C(C([2H])([2H])[2H])(C([2H])([2H])[2H])C([2H])([2H])[2H])c([2H])c(C(C([2H])([2H])[2H])(C([2H])([2H])[2H])C([2H])([2H])[2H])c3O)n4-c3ccc(C(C)(C)C)cc3-c3ccccc3)cc(C(C)(C)C)c2)ncc1C([2H])([2H])[2H].[Pt]. The zero-order valence-corrected chi connectivity index (χ0v) is 42.7. The van der Waals surface area contributed by atoms with Gasteiger partial charge in [-0.2, -0.15) is 0 Å². The second-order valence-electron chi connectivity index (χ2n) is 20.6. The molecule has 8 rings (SSSR count). The maximum atomic E-state index is 13.3. The minimum absolute atomic E-state index is 0. The molecule has 0 aliphatic heterocycles. The van der Waals surface area contributed by atoms with Crippen molar-refractivity contribution < 1.29 is 65.9 Å². The number of phenolic OH excluding ortho intramolecular Hbond substituents is 1. The third kappa shape index (κ3) is 10.7. The molecule has 5 heteroatoms. The van der Waals surface area contributed by atoms with Crippen LogP contribution in [-0.2, 0) is 49.1 Å². The molecule has 0 unspecified atom stereocenters. The number of rotatable bonds is 7. The van der Waals surface area contributed by atoms with Crippen molar-refractivity contribution >= 4 is 11.0 Å². The molecule has 2 aromatic heterocycles. The van der Waals surface area contributed by atoms with Crippen LogP contribution in [0.15, 0.2) is 121 Å². The molecule has 1 N–H and O–H groups in total. The van der Waals surface area contributed by atoms with Gasteiger partial charge in [0.05, 0.1) is 26.4 Å². The van der Waals surface area contributed by atoms with Crippen molar-refractivity contribution in [1.82, 2.24) is 14.5 Å². The number of aromatic nitrogens is 3. The second kappa shape index (κ2) is 18.9. The summed E-state index contributed by atoms with van der Waals surface area (Å²) in [6.45, 7) is -16.4. The third-order valence-electron chi connectivity index (χ3n) is 11.8. The van der Waals surface area contributed by atoms with E-state index in [9.17, 15) is 9.22 Å². The summed E-state index contributed by atoms with van der Waals surface area (Å²) in [5.74, 6) is -2.61. The number of imidazole rings is 1. The van der Waals surface area contributed by atoms with Crippen LogP contribution in [0.3, 0.4) is 0 Å². The zero-order valence-electron chi connectivity index (χ0n) is 69.4. The predicted octanol–water partition coefficient (Wildman–Crippen LogP) is 17.7. The number of aromatic hydroxyl groups is 1. The van der Waals surface area contributed by atoms with Crippen LogP contribution >= 0.6 is 0 Å². The summed E-state index contributed by atoms with van der Waals surface area (Å²) in [7, 11) is 0. The van der Waals surface area contributed by atoms with Gasteiger partial charge in [-0.1, -0.05) is 193 Å². The van der Waals surface area contributed by atoms with Crippen LogP contribution in [0.2, 0.25) is 0 Å². The summed E-state index contributed by atoms with van der Waals surface area (Å²) in [6.07, 6.45) is -1.19. The standard InChI is InChI=1S/C65H74N3O.Pt/c1-40-30-42(38-61(3,4)5)26-28-49(40)51-37-55(66-39-41(51)2)45-31-44(32-47(33-45)63(9,10)11)50-24-21-25-57-58(50)67-60(53-35-48(64(12,13)14)36-54(59(53)69)65(15,16)17)68(57)56-29-27-46(62(6,7)8)34-52(56)43-22-19-18-20-23-43;/h18-30,32-37,39,69H,38H2,1-17H3;/q-1;/i1D3,2D3,12D3,13D3,14D3,15D3,16D3,17D3,28D,35D,36D,38D2;. The van der Waals surface area contributed by atoms with Crippen molar-refractivity contribution in [3.63, 3.8) is 0 Å². The Morgan fingerprint density at radius 1 is 0.629 bits per heavy atom. The molecule has 0 amide bonds. The molecule has 70 heavy (non-hydrogen) atoms. The molecular formula is C65H74N3OPt-. The van der Waals surface area contributed by atoms with Gasteiger partial charge < -0.3 is 5.11 Å². The smallest absolute Gasteiger partial charge is 0.148 e. The average Bonchev–Trinajstić information content (AvgIpc) is 1.56. The second-order valence-corrected chi connectivity index (χ2v) is 20.6. The Labute approximate surface area is 475 Å². The van der Waals surface area contributed by atoms with Crippen LogP contribution < -0.4 is 0 Å². The topological polar surface area (TPSA) is 50.9 Å². The molecule has 0 aliphatic rings. The molecule has 0 atom stereocenters. The molecule has 0 spiro atoms. The van der Waals surface area contributed by atoms with Crippen molar-refractivity contribution in [2.45, 2.75) is 145 Å². The predicted molar refractivity (Wildman–Crippen MR) is 294 cm³/mol. The van der Waals surface area contributed by atoms with E-state index in [2.05, 4.69) is 11.1 Å². The Morgan fingerprint density at radius 3 is 1.99 bits per heavy atom. The first kappa shape index (κ1) is 26.2. The Balaban J connectivity index is 0.0000138. The number of pyridine rings is 1. The van der Waals surface area contributed by atoms with Gasteiger partial charge in [-0.25, -0.2) is 4.98 Å². The fourth-order valence-corrected chi connectivity index (χ4v) is 8.24. The van der Waals surface area contributed by atoms with Crippen LogP contribution in [0.5, 0.6) is 5.75 Å². The van der Waals surface area contributed by atoms with Crippen molar-refractivity contribution in [2.75, 3.05) is 0 Å². The monoisotopic (exact) mass is 1140 g/mol. The number of benzene rings is 6. The molecule has 2 heterocycles. The Bertz CT molecular complexity index is 4260. The van der Waals surface area contributed by atoms with E-state index in [1.54, 1.807) is 81.4 Å². The molecule has 6 aromatic carbocycles. The van der Waals surface area contributed by atoms with Gasteiger partial charge in [0.1, 0.15) is 11.6 Å². The number of hydrogen-bond acceptors (Lipinski definition) is 3. The molecule has 0 bridgehead atoms. The van der Waals surface area contributed by atoms with Gasteiger partial charge in [0.25, 0.3) is 0 Å². The largest absolute Gasteiger partial charge is 0.507 e. The first-order valence-corrected chi connectivity index (χ1v) is 22.4.